The summed E-state index contributed by atoms with van der Waals surface area (Å²) in [5.41, 5.74) is 2.81. The molecule has 2 aromatic carbocycles. The first-order valence-corrected chi connectivity index (χ1v) is 8.53. The van der Waals surface area contributed by atoms with Crippen LogP contribution in [0.25, 0.3) is 22.7 Å². The number of nitrogens with zero attached hydrogens (tertiary/aromatic N) is 2. The zero-order valence-electron chi connectivity index (χ0n) is 15.3. The molecule has 0 aliphatic rings. The first kappa shape index (κ1) is 17.5. The van der Waals surface area contributed by atoms with E-state index in [1.54, 1.807) is 61.8 Å². The van der Waals surface area contributed by atoms with E-state index >= 15 is 0 Å². The van der Waals surface area contributed by atoms with Crippen molar-refractivity contribution < 1.29 is 18.7 Å². The molecule has 4 aromatic rings. The highest BCUT2D eigenvalue weighted by Crippen LogP contribution is 2.30. The summed E-state index contributed by atoms with van der Waals surface area (Å²) in [6.45, 7) is 0. The predicted molar refractivity (Wildman–Crippen MR) is 105 cm³/mol. The number of anilines is 1. The fourth-order valence-corrected chi connectivity index (χ4v) is 2.78. The molecule has 0 saturated carbocycles. The molecule has 1 amide bonds. The first-order valence-electron chi connectivity index (χ1n) is 8.53. The Hall–Kier alpha value is -3.87. The van der Waals surface area contributed by atoms with Crippen LogP contribution in [0.2, 0.25) is 0 Å². The highest BCUT2D eigenvalue weighted by Gasteiger charge is 2.14. The Bertz CT molecular complexity index is 1120. The van der Waals surface area contributed by atoms with Crippen molar-refractivity contribution in [1.82, 2.24) is 9.97 Å². The monoisotopic (exact) mass is 375 g/mol. The van der Waals surface area contributed by atoms with Gasteiger partial charge >= 0.3 is 0 Å². The number of fused-ring (bicyclic) bond motifs is 1. The lowest BCUT2D eigenvalue weighted by atomic mass is 10.1. The number of oxazole rings is 1. The van der Waals surface area contributed by atoms with Crippen molar-refractivity contribution in [2.24, 2.45) is 0 Å². The largest absolute Gasteiger partial charge is 0.497 e. The van der Waals surface area contributed by atoms with Crippen molar-refractivity contribution in [3.8, 4) is 23.0 Å². The molecule has 2 aromatic heterocycles. The van der Waals surface area contributed by atoms with Gasteiger partial charge in [0.15, 0.2) is 11.2 Å². The van der Waals surface area contributed by atoms with Crippen LogP contribution in [0, 0.1) is 0 Å². The molecule has 0 spiro atoms. The van der Waals surface area contributed by atoms with Crippen molar-refractivity contribution in [2.45, 2.75) is 0 Å². The van der Waals surface area contributed by atoms with Crippen LogP contribution in [0.3, 0.4) is 0 Å². The van der Waals surface area contributed by atoms with Crippen molar-refractivity contribution in [2.75, 3.05) is 19.5 Å². The van der Waals surface area contributed by atoms with E-state index in [0.29, 0.717) is 45.4 Å². The van der Waals surface area contributed by atoms with Crippen LogP contribution < -0.4 is 14.8 Å². The second-order valence-electron chi connectivity index (χ2n) is 5.95. The van der Waals surface area contributed by atoms with Gasteiger partial charge in [0.05, 0.1) is 19.9 Å². The molecule has 28 heavy (non-hydrogen) atoms. The van der Waals surface area contributed by atoms with Gasteiger partial charge in [0.2, 0.25) is 5.89 Å². The number of aromatic nitrogens is 2. The van der Waals surface area contributed by atoms with Gasteiger partial charge in [-0.2, -0.15) is 4.98 Å². The Morgan fingerprint density at radius 2 is 1.93 bits per heavy atom. The van der Waals surface area contributed by atoms with E-state index in [0.717, 1.165) is 0 Å². The second-order valence-corrected chi connectivity index (χ2v) is 5.95. The van der Waals surface area contributed by atoms with Gasteiger partial charge in [-0.3, -0.25) is 4.79 Å². The number of hydrogen-bond donors (Lipinski definition) is 1. The van der Waals surface area contributed by atoms with Crippen LogP contribution in [0.1, 0.15) is 10.4 Å². The number of carbonyl (C=O) groups excluding carboxylic acids is 1. The summed E-state index contributed by atoms with van der Waals surface area (Å²) in [6.07, 6.45) is 1.65. The molecule has 0 bridgehead atoms. The van der Waals surface area contributed by atoms with E-state index in [1.807, 2.05) is 6.07 Å². The SMILES string of the molecule is COc1ccc(NC(=O)c2cccc(-c3nc4ncccc4o3)c2)c(OC)c1. The third kappa shape index (κ3) is 3.37. The fourth-order valence-electron chi connectivity index (χ4n) is 2.78. The Balaban J connectivity index is 1.61. The molecule has 4 rings (SSSR count). The summed E-state index contributed by atoms with van der Waals surface area (Å²) in [5.74, 6) is 1.28. The lowest BCUT2D eigenvalue weighted by Gasteiger charge is -2.12. The quantitative estimate of drug-likeness (QED) is 0.564. The number of amides is 1. The van der Waals surface area contributed by atoms with E-state index in [4.69, 9.17) is 13.9 Å². The van der Waals surface area contributed by atoms with Gasteiger partial charge in [0.25, 0.3) is 5.91 Å². The van der Waals surface area contributed by atoms with Crippen molar-refractivity contribution >= 4 is 22.8 Å². The maximum atomic E-state index is 12.7. The van der Waals surface area contributed by atoms with E-state index in [1.165, 1.54) is 7.11 Å². The van der Waals surface area contributed by atoms with Crippen molar-refractivity contribution in [3.05, 3.63) is 66.4 Å². The van der Waals surface area contributed by atoms with E-state index in [9.17, 15) is 4.79 Å². The van der Waals surface area contributed by atoms with Gasteiger partial charge in [0, 0.05) is 23.4 Å². The van der Waals surface area contributed by atoms with Gasteiger partial charge in [-0.25, -0.2) is 4.98 Å². The average molecular weight is 375 g/mol. The highest BCUT2D eigenvalue weighted by atomic mass is 16.5. The summed E-state index contributed by atoms with van der Waals surface area (Å²) in [6, 6.07) is 15.8. The zero-order valence-corrected chi connectivity index (χ0v) is 15.3. The van der Waals surface area contributed by atoms with Crippen LogP contribution in [0.5, 0.6) is 11.5 Å². The number of benzene rings is 2. The molecule has 0 atom stereocenters. The van der Waals surface area contributed by atoms with Gasteiger partial charge in [-0.1, -0.05) is 6.07 Å². The number of carbonyl (C=O) groups is 1. The minimum atomic E-state index is -0.278. The smallest absolute Gasteiger partial charge is 0.255 e. The van der Waals surface area contributed by atoms with Crippen molar-refractivity contribution in [3.63, 3.8) is 0 Å². The number of ether oxygens (including phenoxy) is 2. The van der Waals surface area contributed by atoms with Gasteiger partial charge in [-0.15, -0.1) is 0 Å². The first-order chi connectivity index (χ1) is 13.7. The lowest BCUT2D eigenvalue weighted by Crippen LogP contribution is -2.12. The van der Waals surface area contributed by atoms with Crippen molar-refractivity contribution in [1.29, 1.82) is 0 Å². The molecule has 0 aliphatic heterocycles. The fraction of sp³-hybridized carbons (Fsp3) is 0.0952. The van der Waals surface area contributed by atoms with E-state index < -0.39 is 0 Å². The molecule has 0 unspecified atom stereocenters. The zero-order chi connectivity index (χ0) is 19.5. The Kier molecular flexibility index (Phi) is 4.63. The lowest BCUT2D eigenvalue weighted by molar-refractivity contribution is 0.102. The van der Waals surface area contributed by atoms with Gasteiger partial charge < -0.3 is 19.2 Å². The minimum absolute atomic E-state index is 0.278. The topological polar surface area (TPSA) is 86.5 Å². The standard InChI is InChI=1S/C21H17N3O4/c1-26-15-8-9-16(18(12-15)27-2)23-20(25)13-5-3-6-14(11-13)21-24-19-17(28-21)7-4-10-22-19/h3-12H,1-2H3,(H,23,25). The molecule has 140 valence electrons. The summed E-state index contributed by atoms with van der Waals surface area (Å²) in [7, 11) is 3.10. The molecule has 0 aliphatic carbocycles. The van der Waals surface area contributed by atoms with Crippen LogP contribution in [-0.2, 0) is 0 Å². The van der Waals surface area contributed by atoms with Crippen LogP contribution in [0.15, 0.2) is 65.2 Å². The van der Waals surface area contributed by atoms with E-state index in [2.05, 4.69) is 15.3 Å². The molecule has 1 N–H and O–H groups in total. The number of methoxy groups -OCH3 is 2. The Morgan fingerprint density at radius 3 is 2.71 bits per heavy atom. The average Bonchev–Trinajstić information content (AvgIpc) is 3.18. The molecule has 2 heterocycles. The maximum absolute atomic E-state index is 12.7. The number of rotatable bonds is 5. The summed E-state index contributed by atoms with van der Waals surface area (Å²) in [5, 5.41) is 2.85. The molecule has 0 fully saturated rings. The molecule has 7 nitrogen and oxygen atoms in total. The third-order valence-corrected chi connectivity index (χ3v) is 4.19. The highest BCUT2D eigenvalue weighted by molar-refractivity contribution is 6.05. The molecular formula is C21H17N3O4. The van der Waals surface area contributed by atoms with E-state index in [-0.39, 0.29) is 5.91 Å². The maximum Gasteiger partial charge on any atom is 0.255 e. The Labute approximate surface area is 160 Å². The summed E-state index contributed by atoms with van der Waals surface area (Å²) in [4.78, 5) is 21.3. The summed E-state index contributed by atoms with van der Waals surface area (Å²) >= 11 is 0. The van der Waals surface area contributed by atoms with Gasteiger partial charge in [-0.05, 0) is 42.5 Å². The molecule has 0 saturated heterocycles. The number of hydrogen-bond acceptors (Lipinski definition) is 6. The van der Waals surface area contributed by atoms with Crippen LogP contribution in [0.4, 0.5) is 5.69 Å². The normalized spacial score (nSPS) is 10.6. The summed E-state index contributed by atoms with van der Waals surface area (Å²) < 4.78 is 16.2. The van der Waals surface area contributed by atoms with Gasteiger partial charge in [0.1, 0.15) is 11.5 Å². The predicted octanol–water partition coefficient (Wildman–Crippen LogP) is 4.16. The van der Waals surface area contributed by atoms with Crippen LogP contribution in [-0.4, -0.2) is 30.1 Å². The molecule has 0 radical (unpaired) electrons. The third-order valence-electron chi connectivity index (χ3n) is 4.19. The Morgan fingerprint density at radius 1 is 1.04 bits per heavy atom. The minimum Gasteiger partial charge on any atom is -0.497 e. The number of nitrogens with one attached hydrogen (secondary N) is 1. The number of pyridine rings is 1. The second kappa shape index (κ2) is 7.40. The molecule has 7 heteroatoms. The molecular weight excluding hydrogens is 358 g/mol. The van der Waals surface area contributed by atoms with Crippen LogP contribution >= 0.6 is 0 Å².